The Balaban J connectivity index is 1.41. The van der Waals surface area contributed by atoms with Gasteiger partial charge in [0.1, 0.15) is 12.6 Å². The van der Waals surface area contributed by atoms with Crippen molar-refractivity contribution in [2.24, 2.45) is 5.92 Å². The number of carbonyl (C=O) groups is 3. The van der Waals surface area contributed by atoms with E-state index in [2.05, 4.69) is 24.4 Å². The third-order valence-electron chi connectivity index (χ3n) is 7.05. The summed E-state index contributed by atoms with van der Waals surface area (Å²) in [6, 6.07) is 14.9. The lowest BCUT2D eigenvalue weighted by atomic mass is 9.98. The van der Waals surface area contributed by atoms with Crippen molar-refractivity contribution in [3.8, 4) is 11.1 Å². The van der Waals surface area contributed by atoms with Gasteiger partial charge in [-0.25, -0.2) is 4.79 Å². The molecule has 1 aliphatic carbocycles. The van der Waals surface area contributed by atoms with Gasteiger partial charge < -0.3 is 20.1 Å². The van der Waals surface area contributed by atoms with Gasteiger partial charge in [0.25, 0.3) is 0 Å². The van der Waals surface area contributed by atoms with Crippen molar-refractivity contribution >= 4 is 18.0 Å². The van der Waals surface area contributed by atoms with Crippen molar-refractivity contribution in [2.75, 3.05) is 19.7 Å². The molecule has 0 bridgehead atoms. The van der Waals surface area contributed by atoms with Crippen LogP contribution in [0.25, 0.3) is 11.1 Å². The van der Waals surface area contributed by atoms with Crippen LogP contribution in [0.15, 0.2) is 48.5 Å². The SMILES string of the molecule is CCC1CCCN(C(=O)C(CC(=O)O)NC(=O)OCC2c3ccccc3-c3ccccc32)CC1. The summed E-state index contributed by atoms with van der Waals surface area (Å²) in [6.45, 7) is 3.42. The molecule has 180 valence electrons. The molecule has 2 aliphatic rings. The number of nitrogens with one attached hydrogen (secondary N) is 1. The number of alkyl carbamates (subject to hydrolysis) is 1. The molecule has 7 heteroatoms. The average molecular weight is 465 g/mol. The molecule has 1 heterocycles. The van der Waals surface area contributed by atoms with Gasteiger partial charge in [-0.3, -0.25) is 9.59 Å². The number of fused-ring (bicyclic) bond motifs is 3. The van der Waals surface area contributed by atoms with Gasteiger partial charge in [0.15, 0.2) is 0 Å². The topological polar surface area (TPSA) is 95.9 Å². The summed E-state index contributed by atoms with van der Waals surface area (Å²) in [4.78, 5) is 38.9. The molecule has 0 aromatic heterocycles. The zero-order valence-electron chi connectivity index (χ0n) is 19.5. The second-order valence-electron chi connectivity index (χ2n) is 9.15. The van der Waals surface area contributed by atoms with Gasteiger partial charge in [-0.2, -0.15) is 0 Å². The van der Waals surface area contributed by atoms with E-state index in [-0.39, 0.29) is 18.4 Å². The minimum atomic E-state index is -1.15. The minimum absolute atomic E-state index is 0.107. The molecule has 2 unspecified atom stereocenters. The van der Waals surface area contributed by atoms with Crippen molar-refractivity contribution in [1.29, 1.82) is 0 Å². The molecule has 1 aliphatic heterocycles. The predicted molar refractivity (Wildman–Crippen MR) is 128 cm³/mol. The van der Waals surface area contributed by atoms with E-state index in [4.69, 9.17) is 4.74 Å². The Kier molecular flexibility index (Phi) is 7.50. The number of amides is 2. The summed E-state index contributed by atoms with van der Waals surface area (Å²) in [5, 5.41) is 11.9. The van der Waals surface area contributed by atoms with Crippen LogP contribution in [0.5, 0.6) is 0 Å². The molecule has 7 nitrogen and oxygen atoms in total. The molecule has 1 fully saturated rings. The van der Waals surface area contributed by atoms with Gasteiger partial charge in [0.05, 0.1) is 6.42 Å². The number of benzene rings is 2. The first-order chi connectivity index (χ1) is 16.5. The second-order valence-corrected chi connectivity index (χ2v) is 9.15. The van der Waals surface area contributed by atoms with Crippen LogP contribution in [-0.4, -0.2) is 53.7 Å². The Labute approximate surface area is 200 Å². The number of aliphatic carboxylic acids is 1. The molecule has 4 rings (SSSR count). The monoisotopic (exact) mass is 464 g/mol. The predicted octanol–water partition coefficient (Wildman–Crippen LogP) is 4.41. The van der Waals surface area contributed by atoms with Crippen molar-refractivity contribution in [3.63, 3.8) is 0 Å². The molecule has 2 atom stereocenters. The van der Waals surface area contributed by atoms with Gasteiger partial charge in [0.2, 0.25) is 5.91 Å². The lowest BCUT2D eigenvalue weighted by Gasteiger charge is -2.26. The van der Waals surface area contributed by atoms with E-state index < -0.39 is 24.5 Å². The number of carboxylic acids is 1. The number of ether oxygens (including phenoxy) is 1. The zero-order valence-corrected chi connectivity index (χ0v) is 19.5. The van der Waals surface area contributed by atoms with Crippen LogP contribution in [0.4, 0.5) is 4.79 Å². The van der Waals surface area contributed by atoms with Crippen LogP contribution in [0.1, 0.15) is 56.1 Å². The lowest BCUT2D eigenvalue weighted by molar-refractivity contribution is -0.142. The van der Waals surface area contributed by atoms with E-state index in [0.29, 0.717) is 19.0 Å². The van der Waals surface area contributed by atoms with Gasteiger partial charge in [-0.15, -0.1) is 0 Å². The largest absolute Gasteiger partial charge is 0.481 e. The lowest BCUT2D eigenvalue weighted by Crippen LogP contribution is -2.50. The normalized spacial score (nSPS) is 18.4. The Hall–Kier alpha value is -3.35. The van der Waals surface area contributed by atoms with E-state index in [1.807, 2.05) is 36.4 Å². The quantitative estimate of drug-likeness (QED) is 0.633. The number of hydrogen-bond acceptors (Lipinski definition) is 4. The summed E-state index contributed by atoms with van der Waals surface area (Å²) in [5.41, 5.74) is 4.42. The van der Waals surface area contributed by atoms with Crippen LogP contribution in [0.2, 0.25) is 0 Å². The highest BCUT2D eigenvalue weighted by molar-refractivity contribution is 5.89. The minimum Gasteiger partial charge on any atom is -0.481 e. The van der Waals surface area contributed by atoms with E-state index in [9.17, 15) is 19.5 Å². The van der Waals surface area contributed by atoms with Gasteiger partial charge in [0, 0.05) is 19.0 Å². The molecule has 2 aromatic carbocycles. The summed E-state index contributed by atoms with van der Waals surface area (Å²) in [6.07, 6.45) is 2.66. The maximum atomic E-state index is 13.1. The van der Waals surface area contributed by atoms with E-state index >= 15 is 0 Å². The average Bonchev–Trinajstić information content (AvgIpc) is 2.97. The van der Waals surface area contributed by atoms with Crippen molar-refractivity contribution < 1.29 is 24.2 Å². The van der Waals surface area contributed by atoms with Crippen molar-refractivity contribution in [2.45, 2.75) is 51.0 Å². The molecular weight excluding hydrogens is 432 g/mol. The smallest absolute Gasteiger partial charge is 0.407 e. The summed E-state index contributed by atoms with van der Waals surface area (Å²) in [5.74, 6) is -1.03. The molecule has 2 N–H and O–H groups in total. The molecule has 2 amide bonds. The van der Waals surface area contributed by atoms with Crippen LogP contribution >= 0.6 is 0 Å². The van der Waals surface area contributed by atoms with Crippen LogP contribution in [0.3, 0.4) is 0 Å². The Bertz CT molecular complexity index is 1010. The third-order valence-corrected chi connectivity index (χ3v) is 7.05. The molecule has 2 aromatic rings. The number of likely N-dealkylation sites (tertiary alicyclic amines) is 1. The molecule has 1 saturated heterocycles. The standard InChI is InChI=1S/C27H32N2O5/c1-2-18-8-7-14-29(15-13-18)26(32)24(16-25(30)31)28-27(33)34-17-23-21-11-5-3-9-19(21)20-10-4-6-12-22(20)23/h3-6,9-12,18,23-24H,2,7-8,13-17H2,1H3,(H,28,33)(H,30,31). The van der Waals surface area contributed by atoms with E-state index in [1.54, 1.807) is 4.90 Å². The highest BCUT2D eigenvalue weighted by Crippen LogP contribution is 2.44. The second kappa shape index (κ2) is 10.7. The number of hydrogen-bond donors (Lipinski definition) is 2. The van der Waals surface area contributed by atoms with Gasteiger partial charge in [-0.05, 0) is 47.4 Å². The highest BCUT2D eigenvalue weighted by atomic mass is 16.5. The Morgan fingerprint density at radius 2 is 1.68 bits per heavy atom. The van der Waals surface area contributed by atoms with Crippen molar-refractivity contribution in [3.05, 3.63) is 59.7 Å². The fourth-order valence-electron chi connectivity index (χ4n) is 5.17. The first-order valence-electron chi connectivity index (χ1n) is 12.1. The maximum Gasteiger partial charge on any atom is 0.407 e. The van der Waals surface area contributed by atoms with Crippen LogP contribution < -0.4 is 5.32 Å². The highest BCUT2D eigenvalue weighted by Gasteiger charge is 2.32. The number of rotatable bonds is 7. The summed E-state index contributed by atoms with van der Waals surface area (Å²) in [7, 11) is 0. The Morgan fingerprint density at radius 3 is 2.29 bits per heavy atom. The zero-order chi connectivity index (χ0) is 24.1. The number of carbonyl (C=O) groups excluding carboxylic acids is 2. The van der Waals surface area contributed by atoms with E-state index in [1.165, 1.54) is 0 Å². The fourth-order valence-corrected chi connectivity index (χ4v) is 5.17. The van der Waals surface area contributed by atoms with Crippen LogP contribution in [0, 0.1) is 5.92 Å². The number of nitrogens with zero attached hydrogens (tertiary/aromatic N) is 1. The third kappa shape index (κ3) is 5.24. The molecular formula is C27H32N2O5. The summed E-state index contributed by atoms with van der Waals surface area (Å²) < 4.78 is 5.53. The number of carboxylic acid groups (broad SMARTS) is 1. The fraction of sp³-hybridized carbons (Fsp3) is 0.444. The molecule has 0 spiro atoms. The first-order valence-corrected chi connectivity index (χ1v) is 12.1. The first kappa shape index (κ1) is 23.8. The van der Waals surface area contributed by atoms with Gasteiger partial charge in [-0.1, -0.05) is 61.9 Å². The molecule has 0 radical (unpaired) electrons. The van der Waals surface area contributed by atoms with Crippen LogP contribution in [-0.2, 0) is 14.3 Å². The van der Waals surface area contributed by atoms with Gasteiger partial charge >= 0.3 is 12.1 Å². The molecule has 0 saturated carbocycles. The van der Waals surface area contributed by atoms with E-state index in [0.717, 1.165) is 47.9 Å². The Morgan fingerprint density at radius 1 is 1.03 bits per heavy atom. The van der Waals surface area contributed by atoms with Crippen molar-refractivity contribution in [1.82, 2.24) is 10.2 Å². The summed E-state index contributed by atoms with van der Waals surface area (Å²) >= 11 is 0. The maximum absolute atomic E-state index is 13.1. The molecule has 34 heavy (non-hydrogen) atoms.